The molecular weight excluding hydrogens is 302 g/mol. The van der Waals surface area contributed by atoms with E-state index >= 15 is 0 Å². The van der Waals surface area contributed by atoms with Crippen molar-refractivity contribution in [3.8, 4) is 0 Å². The van der Waals surface area contributed by atoms with Crippen LogP contribution in [0.5, 0.6) is 0 Å². The molecule has 0 aliphatic carbocycles. The van der Waals surface area contributed by atoms with Crippen LogP contribution in [-0.2, 0) is 0 Å². The van der Waals surface area contributed by atoms with Gasteiger partial charge in [-0.15, -0.1) is 0 Å². The molecule has 0 aliphatic rings. The van der Waals surface area contributed by atoms with Gasteiger partial charge in [-0.25, -0.2) is 0 Å². The quantitative estimate of drug-likeness (QED) is 0.498. The highest BCUT2D eigenvalue weighted by molar-refractivity contribution is 6.13. The summed E-state index contributed by atoms with van der Waals surface area (Å²) in [6.07, 6.45) is 0. The normalized spacial score (nSPS) is 12.4. The van der Waals surface area contributed by atoms with E-state index < -0.39 is 0 Å². The summed E-state index contributed by atoms with van der Waals surface area (Å²) >= 11 is 0. The van der Waals surface area contributed by atoms with E-state index in [2.05, 4.69) is 99.6 Å². The third-order valence-electron chi connectivity index (χ3n) is 4.29. The minimum absolute atomic E-state index is 0.0240. The molecular formula is C24H25N. The van der Waals surface area contributed by atoms with Crippen molar-refractivity contribution in [2.24, 2.45) is 10.4 Å². The van der Waals surface area contributed by atoms with Crippen LogP contribution in [0.3, 0.4) is 0 Å². The fraction of sp³-hybridized carbons (Fsp3) is 0.208. The highest BCUT2D eigenvalue weighted by Gasteiger charge is 2.26. The molecule has 0 spiro atoms. The summed E-state index contributed by atoms with van der Waals surface area (Å²) in [5.74, 6) is 0. The Morgan fingerprint density at radius 3 is 1.44 bits per heavy atom. The van der Waals surface area contributed by atoms with E-state index in [-0.39, 0.29) is 11.5 Å². The van der Waals surface area contributed by atoms with Crippen molar-refractivity contribution in [2.75, 3.05) is 0 Å². The average molecular weight is 327 g/mol. The molecule has 0 bridgehead atoms. The lowest BCUT2D eigenvalue weighted by Gasteiger charge is -2.29. The Morgan fingerprint density at radius 2 is 1.04 bits per heavy atom. The predicted octanol–water partition coefficient (Wildman–Crippen LogP) is 6.31. The summed E-state index contributed by atoms with van der Waals surface area (Å²) in [4.78, 5) is 5.27. The van der Waals surface area contributed by atoms with Gasteiger partial charge in [0.05, 0.1) is 11.8 Å². The first kappa shape index (κ1) is 17.2. The molecule has 0 aliphatic heterocycles. The van der Waals surface area contributed by atoms with Gasteiger partial charge in [0.25, 0.3) is 0 Å². The largest absolute Gasteiger partial charge is 0.275 e. The second-order valence-electron chi connectivity index (χ2n) is 7.39. The predicted molar refractivity (Wildman–Crippen MR) is 107 cm³/mol. The van der Waals surface area contributed by atoms with E-state index in [4.69, 9.17) is 4.99 Å². The number of nitrogens with zero attached hydrogens (tertiary/aromatic N) is 1. The Balaban J connectivity index is 2.16. The van der Waals surface area contributed by atoms with Gasteiger partial charge in [0.15, 0.2) is 0 Å². The molecule has 0 amide bonds. The number of hydrogen-bond acceptors (Lipinski definition) is 1. The van der Waals surface area contributed by atoms with E-state index in [0.29, 0.717) is 0 Å². The third-order valence-corrected chi connectivity index (χ3v) is 4.29. The summed E-state index contributed by atoms with van der Waals surface area (Å²) in [6.45, 7) is 6.76. The Bertz CT molecular complexity index is 771. The first-order valence-electron chi connectivity index (χ1n) is 8.79. The van der Waals surface area contributed by atoms with Crippen molar-refractivity contribution in [3.63, 3.8) is 0 Å². The molecule has 1 unspecified atom stereocenters. The molecule has 3 aromatic carbocycles. The summed E-state index contributed by atoms with van der Waals surface area (Å²) < 4.78 is 0. The standard InChI is InChI=1S/C24H25N/c1-24(2,3)23(21-17-11-6-12-18-21)25-22(19-13-7-4-8-14-19)20-15-9-5-10-16-20/h4-18,23H,1-3H3. The maximum absolute atomic E-state index is 5.27. The second-order valence-corrected chi connectivity index (χ2v) is 7.39. The molecule has 3 rings (SSSR count). The van der Waals surface area contributed by atoms with Gasteiger partial charge in [0, 0.05) is 11.1 Å². The van der Waals surface area contributed by atoms with Gasteiger partial charge in [0.2, 0.25) is 0 Å². The molecule has 1 heteroatoms. The van der Waals surface area contributed by atoms with Gasteiger partial charge in [0.1, 0.15) is 0 Å². The molecule has 1 nitrogen and oxygen atoms in total. The minimum atomic E-state index is 0.0240. The minimum Gasteiger partial charge on any atom is -0.275 e. The van der Waals surface area contributed by atoms with Gasteiger partial charge >= 0.3 is 0 Å². The first-order chi connectivity index (χ1) is 12.1. The lowest BCUT2D eigenvalue weighted by atomic mass is 9.82. The zero-order chi connectivity index (χ0) is 17.7. The molecule has 0 saturated carbocycles. The van der Waals surface area contributed by atoms with Crippen LogP contribution in [0.1, 0.15) is 43.5 Å². The topological polar surface area (TPSA) is 12.4 Å². The van der Waals surface area contributed by atoms with Crippen LogP contribution in [0.4, 0.5) is 0 Å². The van der Waals surface area contributed by atoms with Crippen molar-refractivity contribution in [2.45, 2.75) is 26.8 Å². The van der Waals surface area contributed by atoms with Crippen molar-refractivity contribution in [1.29, 1.82) is 0 Å². The van der Waals surface area contributed by atoms with Gasteiger partial charge in [-0.05, 0) is 11.0 Å². The molecule has 1 atom stereocenters. The van der Waals surface area contributed by atoms with Gasteiger partial charge < -0.3 is 0 Å². The summed E-state index contributed by atoms with van der Waals surface area (Å²) in [5, 5.41) is 0. The Kier molecular flexibility index (Phi) is 5.14. The van der Waals surface area contributed by atoms with Gasteiger partial charge in [-0.3, -0.25) is 4.99 Å². The van der Waals surface area contributed by atoms with Gasteiger partial charge in [-0.2, -0.15) is 0 Å². The SMILES string of the molecule is CC(C)(C)C(N=C(c1ccccc1)c1ccccc1)c1ccccc1. The van der Waals surface area contributed by atoms with Crippen LogP contribution in [0.15, 0.2) is 96.0 Å². The van der Waals surface area contributed by atoms with Crippen LogP contribution >= 0.6 is 0 Å². The smallest absolute Gasteiger partial charge is 0.0804 e. The molecule has 0 radical (unpaired) electrons. The monoisotopic (exact) mass is 327 g/mol. The lowest BCUT2D eigenvalue weighted by molar-refractivity contribution is 0.329. The van der Waals surface area contributed by atoms with Crippen LogP contribution < -0.4 is 0 Å². The van der Waals surface area contributed by atoms with E-state index in [1.807, 2.05) is 12.1 Å². The van der Waals surface area contributed by atoms with Crippen LogP contribution in [0.25, 0.3) is 0 Å². The molecule has 126 valence electrons. The molecule has 0 fully saturated rings. The second kappa shape index (κ2) is 7.48. The zero-order valence-electron chi connectivity index (χ0n) is 15.2. The third kappa shape index (κ3) is 4.24. The van der Waals surface area contributed by atoms with Crippen LogP contribution in [-0.4, -0.2) is 5.71 Å². The highest BCUT2D eigenvalue weighted by atomic mass is 14.8. The van der Waals surface area contributed by atoms with Crippen molar-refractivity contribution in [1.82, 2.24) is 0 Å². The van der Waals surface area contributed by atoms with E-state index in [1.54, 1.807) is 0 Å². The highest BCUT2D eigenvalue weighted by Crippen LogP contribution is 2.37. The lowest BCUT2D eigenvalue weighted by Crippen LogP contribution is -2.19. The molecule has 3 aromatic rings. The Hall–Kier alpha value is -2.67. The fourth-order valence-electron chi connectivity index (χ4n) is 3.04. The molecule has 0 aromatic heterocycles. The average Bonchev–Trinajstić information content (AvgIpc) is 2.63. The molecule has 0 saturated heterocycles. The van der Waals surface area contributed by atoms with Crippen LogP contribution in [0.2, 0.25) is 0 Å². The number of aliphatic imine (C=N–C) groups is 1. The first-order valence-corrected chi connectivity index (χ1v) is 8.79. The summed E-state index contributed by atoms with van der Waals surface area (Å²) in [7, 11) is 0. The summed E-state index contributed by atoms with van der Waals surface area (Å²) in [5.41, 5.74) is 4.62. The van der Waals surface area contributed by atoms with Crippen molar-refractivity contribution >= 4 is 5.71 Å². The van der Waals surface area contributed by atoms with E-state index in [1.165, 1.54) is 5.56 Å². The van der Waals surface area contributed by atoms with Crippen molar-refractivity contribution < 1.29 is 0 Å². The maximum atomic E-state index is 5.27. The summed E-state index contributed by atoms with van der Waals surface area (Å²) in [6, 6.07) is 31.6. The van der Waals surface area contributed by atoms with Gasteiger partial charge in [-0.1, -0.05) is 112 Å². The number of rotatable bonds is 4. The maximum Gasteiger partial charge on any atom is 0.0804 e. The van der Waals surface area contributed by atoms with Crippen LogP contribution in [0, 0.1) is 5.41 Å². The Labute approximate surface area is 151 Å². The number of hydrogen-bond donors (Lipinski definition) is 0. The van der Waals surface area contributed by atoms with Crippen molar-refractivity contribution in [3.05, 3.63) is 108 Å². The van der Waals surface area contributed by atoms with E-state index in [0.717, 1.165) is 16.8 Å². The fourth-order valence-corrected chi connectivity index (χ4v) is 3.04. The zero-order valence-corrected chi connectivity index (χ0v) is 15.2. The molecule has 25 heavy (non-hydrogen) atoms. The number of benzene rings is 3. The molecule has 0 N–H and O–H groups in total. The van der Waals surface area contributed by atoms with E-state index in [9.17, 15) is 0 Å². The molecule has 0 heterocycles. The Morgan fingerprint density at radius 1 is 0.640 bits per heavy atom.